The molecule has 15 heavy (non-hydrogen) atoms. The number of hydrogen-bond acceptors (Lipinski definition) is 2. The van der Waals surface area contributed by atoms with Crippen LogP contribution in [-0.4, -0.2) is 18.7 Å². The van der Waals surface area contributed by atoms with Crippen LogP contribution in [0.2, 0.25) is 0 Å². The molecule has 0 unspecified atom stereocenters. The van der Waals surface area contributed by atoms with E-state index in [1.165, 1.54) is 12.3 Å². The number of carbonyl (C=O) groups excluding carboxylic acids is 1. The van der Waals surface area contributed by atoms with Crippen LogP contribution in [0.3, 0.4) is 0 Å². The Morgan fingerprint density at radius 1 is 1.40 bits per heavy atom. The number of rotatable bonds is 7. The molecule has 0 aliphatic rings. The van der Waals surface area contributed by atoms with Crippen LogP contribution in [0.15, 0.2) is 36.5 Å². The first-order valence-electron chi connectivity index (χ1n) is 5.02. The van der Waals surface area contributed by atoms with Gasteiger partial charge in [0.1, 0.15) is 0 Å². The van der Waals surface area contributed by atoms with Gasteiger partial charge in [-0.3, -0.25) is 4.79 Å². The normalized spacial score (nSPS) is 10.7. The molecule has 1 amide bonds. The third kappa shape index (κ3) is 8.68. The second-order valence-corrected chi connectivity index (χ2v) is 3.08. The number of allylic oxidation sites excluding steroid dienone is 4. The summed E-state index contributed by atoms with van der Waals surface area (Å²) in [6, 6.07) is 0. The molecule has 0 aromatic heterocycles. The minimum atomic E-state index is -0.104. The summed E-state index contributed by atoms with van der Waals surface area (Å²) < 4.78 is 0. The maximum atomic E-state index is 11.2. The zero-order chi connectivity index (χ0) is 11.5. The molecule has 3 heteroatoms. The van der Waals surface area contributed by atoms with Crippen LogP contribution in [0.1, 0.15) is 19.8 Å². The molecule has 0 radical (unpaired) electrons. The third-order valence-electron chi connectivity index (χ3n) is 1.68. The molecule has 0 spiro atoms. The van der Waals surface area contributed by atoms with Crippen LogP contribution < -0.4 is 5.32 Å². The predicted molar refractivity (Wildman–Crippen MR) is 64.1 cm³/mol. The molecule has 3 nitrogen and oxygen atoms in total. The molecular formula is C12H18N2O. The topological polar surface area (TPSA) is 53.0 Å². The van der Waals surface area contributed by atoms with Crippen LogP contribution in [-0.2, 0) is 4.79 Å². The number of unbranched alkanes of at least 4 members (excludes halogenated alkanes) is 1. The molecule has 0 atom stereocenters. The van der Waals surface area contributed by atoms with Crippen molar-refractivity contribution in [2.45, 2.75) is 19.8 Å². The fourth-order valence-electron chi connectivity index (χ4n) is 0.857. The SMILES string of the molecule is C=C(/C=C\C=N)/C=C/C(=O)NCCCC. The highest BCUT2D eigenvalue weighted by atomic mass is 16.1. The Labute approximate surface area is 91.1 Å². The van der Waals surface area contributed by atoms with Gasteiger partial charge in [0.25, 0.3) is 0 Å². The first kappa shape index (κ1) is 13.4. The highest BCUT2D eigenvalue weighted by Gasteiger charge is 1.92. The standard InChI is InChI=1S/C12H18N2O/c1-3-4-10-14-12(15)8-7-11(2)6-5-9-13/h5-9,13H,2-4,10H2,1H3,(H,14,15)/b6-5-,8-7+,13-9?. The van der Waals surface area contributed by atoms with E-state index in [-0.39, 0.29) is 5.91 Å². The maximum absolute atomic E-state index is 11.2. The summed E-state index contributed by atoms with van der Waals surface area (Å²) in [7, 11) is 0. The van der Waals surface area contributed by atoms with E-state index < -0.39 is 0 Å². The Morgan fingerprint density at radius 3 is 2.73 bits per heavy atom. The summed E-state index contributed by atoms with van der Waals surface area (Å²) in [6.07, 6.45) is 9.53. The van der Waals surface area contributed by atoms with E-state index in [9.17, 15) is 4.79 Å². The van der Waals surface area contributed by atoms with Gasteiger partial charge in [0, 0.05) is 18.8 Å². The Balaban J connectivity index is 3.84. The Hall–Kier alpha value is -1.64. The minimum Gasteiger partial charge on any atom is -0.353 e. The number of amides is 1. The highest BCUT2D eigenvalue weighted by molar-refractivity contribution is 5.88. The lowest BCUT2D eigenvalue weighted by molar-refractivity contribution is -0.116. The molecule has 0 fully saturated rings. The van der Waals surface area contributed by atoms with E-state index in [1.54, 1.807) is 18.2 Å². The lowest BCUT2D eigenvalue weighted by Crippen LogP contribution is -2.21. The van der Waals surface area contributed by atoms with Crippen molar-refractivity contribution in [1.29, 1.82) is 5.41 Å². The smallest absolute Gasteiger partial charge is 0.243 e. The summed E-state index contributed by atoms with van der Waals surface area (Å²) in [6.45, 7) is 6.49. The molecule has 0 aromatic rings. The first-order chi connectivity index (χ1) is 7.20. The summed E-state index contributed by atoms with van der Waals surface area (Å²) in [5, 5.41) is 9.53. The minimum absolute atomic E-state index is 0.104. The number of hydrogen-bond donors (Lipinski definition) is 2. The number of carbonyl (C=O) groups is 1. The van der Waals surface area contributed by atoms with Crippen molar-refractivity contribution in [2.24, 2.45) is 0 Å². The summed E-state index contributed by atoms with van der Waals surface area (Å²) in [5.74, 6) is -0.104. The van der Waals surface area contributed by atoms with Crippen molar-refractivity contribution in [3.8, 4) is 0 Å². The van der Waals surface area contributed by atoms with E-state index in [4.69, 9.17) is 5.41 Å². The molecule has 0 aliphatic heterocycles. The average Bonchev–Trinajstić information content (AvgIpc) is 2.24. The maximum Gasteiger partial charge on any atom is 0.243 e. The molecule has 0 aliphatic carbocycles. The van der Waals surface area contributed by atoms with Crippen LogP contribution in [0, 0.1) is 5.41 Å². The molecule has 2 N–H and O–H groups in total. The molecular weight excluding hydrogens is 188 g/mol. The van der Waals surface area contributed by atoms with E-state index in [0.29, 0.717) is 12.1 Å². The van der Waals surface area contributed by atoms with Gasteiger partial charge < -0.3 is 10.7 Å². The zero-order valence-corrected chi connectivity index (χ0v) is 9.12. The van der Waals surface area contributed by atoms with Crippen LogP contribution in [0.5, 0.6) is 0 Å². The molecule has 0 bridgehead atoms. The van der Waals surface area contributed by atoms with Gasteiger partial charge in [0.15, 0.2) is 0 Å². The van der Waals surface area contributed by atoms with E-state index in [0.717, 1.165) is 12.8 Å². The van der Waals surface area contributed by atoms with Crippen molar-refractivity contribution in [3.63, 3.8) is 0 Å². The van der Waals surface area contributed by atoms with E-state index in [1.807, 2.05) is 0 Å². The quantitative estimate of drug-likeness (QED) is 0.285. The van der Waals surface area contributed by atoms with E-state index in [2.05, 4.69) is 18.8 Å². The van der Waals surface area contributed by atoms with Crippen molar-refractivity contribution in [1.82, 2.24) is 5.32 Å². The third-order valence-corrected chi connectivity index (χ3v) is 1.68. The molecule has 0 saturated heterocycles. The zero-order valence-electron chi connectivity index (χ0n) is 9.12. The molecule has 0 heterocycles. The van der Waals surface area contributed by atoms with Crippen LogP contribution >= 0.6 is 0 Å². The fourth-order valence-corrected chi connectivity index (χ4v) is 0.857. The second kappa shape index (κ2) is 8.94. The van der Waals surface area contributed by atoms with Gasteiger partial charge in [-0.2, -0.15) is 0 Å². The van der Waals surface area contributed by atoms with Gasteiger partial charge in [-0.1, -0.05) is 32.1 Å². The average molecular weight is 206 g/mol. The van der Waals surface area contributed by atoms with E-state index >= 15 is 0 Å². The Kier molecular flexibility index (Phi) is 7.96. The lowest BCUT2D eigenvalue weighted by atomic mass is 10.2. The van der Waals surface area contributed by atoms with Gasteiger partial charge in [-0.05, 0) is 18.1 Å². The lowest BCUT2D eigenvalue weighted by Gasteiger charge is -1.98. The van der Waals surface area contributed by atoms with Gasteiger partial charge in [0.05, 0.1) is 0 Å². The van der Waals surface area contributed by atoms with Crippen LogP contribution in [0.4, 0.5) is 0 Å². The number of nitrogens with one attached hydrogen (secondary N) is 2. The second-order valence-electron chi connectivity index (χ2n) is 3.08. The predicted octanol–water partition coefficient (Wildman–Crippen LogP) is 2.22. The van der Waals surface area contributed by atoms with Crippen molar-refractivity contribution >= 4 is 12.1 Å². The Bertz CT molecular complexity index is 277. The summed E-state index contributed by atoms with van der Waals surface area (Å²) in [4.78, 5) is 11.2. The molecule has 0 rings (SSSR count). The molecule has 82 valence electrons. The summed E-state index contributed by atoms with van der Waals surface area (Å²) >= 11 is 0. The van der Waals surface area contributed by atoms with Gasteiger partial charge in [0.2, 0.25) is 5.91 Å². The first-order valence-corrected chi connectivity index (χ1v) is 5.02. The van der Waals surface area contributed by atoms with Crippen molar-refractivity contribution in [3.05, 3.63) is 36.5 Å². The fraction of sp³-hybridized carbons (Fsp3) is 0.333. The van der Waals surface area contributed by atoms with Gasteiger partial charge >= 0.3 is 0 Å². The monoisotopic (exact) mass is 206 g/mol. The van der Waals surface area contributed by atoms with Gasteiger partial charge in [-0.15, -0.1) is 0 Å². The largest absolute Gasteiger partial charge is 0.353 e. The highest BCUT2D eigenvalue weighted by Crippen LogP contribution is 1.94. The van der Waals surface area contributed by atoms with Crippen LogP contribution in [0.25, 0.3) is 0 Å². The van der Waals surface area contributed by atoms with Crippen molar-refractivity contribution < 1.29 is 4.79 Å². The Morgan fingerprint density at radius 2 is 2.13 bits per heavy atom. The van der Waals surface area contributed by atoms with Gasteiger partial charge in [-0.25, -0.2) is 0 Å². The van der Waals surface area contributed by atoms with Crippen molar-refractivity contribution in [2.75, 3.05) is 6.54 Å². The summed E-state index contributed by atoms with van der Waals surface area (Å²) in [5.41, 5.74) is 0.698. The molecule has 0 aromatic carbocycles. The molecule has 0 saturated carbocycles.